The molecular formula is C59H104O6. The van der Waals surface area contributed by atoms with Crippen LogP contribution in [0.2, 0.25) is 0 Å². The SMILES string of the molecule is CC/C=C\C/C=C\C/C=C\C/C=C\C/C=C\CCCC(=O)OC(COC(=O)CCCCCCCCCCCCCC)COC(=O)CCCCCCCCCCCCCCCCCCCC. The van der Waals surface area contributed by atoms with Crippen molar-refractivity contribution in [1.29, 1.82) is 0 Å². The van der Waals surface area contributed by atoms with E-state index in [9.17, 15) is 14.4 Å². The van der Waals surface area contributed by atoms with Gasteiger partial charge in [0.1, 0.15) is 13.2 Å². The van der Waals surface area contributed by atoms with Gasteiger partial charge in [0.25, 0.3) is 0 Å². The van der Waals surface area contributed by atoms with Gasteiger partial charge in [-0.15, -0.1) is 0 Å². The van der Waals surface area contributed by atoms with E-state index in [1.807, 2.05) is 0 Å². The van der Waals surface area contributed by atoms with E-state index < -0.39 is 6.10 Å². The molecule has 0 aliphatic carbocycles. The Morgan fingerprint density at radius 3 is 0.923 bits per heavy atom. The molecule has 0 heterocycles. The van der Waals surface area contributed by atoms with Crippen LogP contribution < -0.4 is 0 Å². The molecule has 0 fully saturated rings. The standard InChI is InChI=1S/C59H104O6/c1-4-7-10-13-16-19-22-25-27-29-31-32-34-37-40-43-46-49-52-58(61)64-55-56(54-63-57(60)51-48-45-42-39-36-24-21-18-15-12-9-6-3)65-59(62)53-50-47-44-41-38-35-33-30-28-26-23-20-17-14-11-8-5-2/h8,11,17,20,26,28,33,35,41,44,56H,4-7,9-10,12-16,18-19,21-25,27,29-32,34,36-40,42-43,45-55H2,1-3H3/b11-8-,20-17-,28-26-,35-33-,44-41-. The zero-order valence-corrected chi connectivity index (χ0v) is 43.0. The van der Waals surface area contributed by atoms with E-state index in [1.54, 1.807) is 0 Å². The predicted octanol–water partition coefficient (Wildman–Crippen LogP) is 18.4. The second kappa shape index (κ2) is 53.7. The third-order valence-corrected chi connectivity index (χ3v) is 12.0. The Hall–Kier alpha value is -2.89. The van der Waals surface area contributed by atoms with E-state index >= 15 is 0 Å². The van der Waals surface area contributed by atoms with Gasteiger partial charge in [-0.05, 0) is 57.8 Å². The molecule has 1 unspecified atom stereocenters. The highest BCUT2D eigenvalue weighted by Crippen LogP contribution is 2.16. The smallest absolute Gasteiger partial charge is 0.306 e. The van der Waals surface area contributed by atoms with Crippen LogP contribution in [0, 0.1) is 0 Å². The van der Waals surface area contributed by atoms with Gasteiger partial charge in [0.05, 0.1) is 0 Å². The summed E-state index contributed by atoms with van der Waals surface area (Å²) in [5, 5.41) is 0. The molecule has 0 aromatic carbocycles. The van der Waals surface area contributed by atoms with Crippen molar-refractivity contribution in [2.45, 2.75) is 284 Å². The van der Waals surface area contributed by atoms with Crippen molar-refractivity contribution in [3.63, 3.8) is 0 Å². The number of carbonyl (C=O) groups excluding carboxylic acids is 3. The topological polar surface area (TPSA) is 78.9 Å². The van der Waals surface area contributed by atoms with Crippen LogP contribution in [0.3, 0.4) is 0 Å². The number of hydrogen-bond donors (Lipinski definition) is 0. The van der Waals surface area contributed by atoms with Crippen LogP contribution in [0.15, 0.2) is 60.8 Å². The van der Waals surface area contributed by atoms with E-state index in [4.69, 9.17) is 14.2 Å². The van der Waals surface area contributed by atoms with Crippen molar-refractivity contribution in [2.75, 3.05) is 13.2 Å². The molecular weight excluding hydrogens is 805 g/mol. The lowest BCUT2D eigenvalue weighted by Crippen LogP contribution is -2.30. The van der Waals surface area contributed by atoms with E-state index in [-0.39, 0.29) is 37.5 Å². The lowest BCUT2D eigenvalue weighted by molar-refractivity contribution is -0.167. The first-order valence-electron chi connectivity index (χ1n) is 27.8. The van der Waals surface area contributed by atoms with Gasteiger partial charge in [0.2, 0.25) is 0 Å². The molecule has 6 nitrogen and oxygen atoms in total. The lowest BCUT2D eigenvalue weighted by atomic mass is 10.0. The largest absolute Gasteiger partial charge is 0.462 e. The summed E-state index contributed by atoms with van der Waals surface area (Å²) in [5.74, 6) is -0.940. The summed E-state index contributed by atoms with van der Waals surface area (Å²) in [6.45, 7) is 6.50. The predicted molar refractivity (Wildman–Crippen MR) is 279 cm³/mol. The van der Waals surface area contributed by atoms with Gasteiger partial charge in [-0.1, -0.05) is 261 Å². The molecule has 0 aromatic rings. The molecule has 0 N–H and O–H groups in total. The summed E-state index contributed by atoms with van der Waals surface area (Å²) in [5.41, 5.74) is 0. The van der Waals surface area contributed by atoms with Crippen molar-refractivity contribution in [3.8, 4) is 0 Å². The number of ether oxygens (including phenoxy) is 3. The number of unbranched alkanes of at least 4 members (excludes halogenated alkanes) is 29. The first-order valence-corrected chi connectivity index (χ1v) is 27.8. The molecule has 6 heteroatoms. The van der Waals surface area contributed by atoms with Crippen LogP contribution in [0.1, 0.15) is 278 Å². The van der Waals surface area contributed by atoms with Crippen LogP contribution in [0.5, 0.6) is 0 Å². The van der Waals surface area contributed by atoms with Gasteiger partial charge in [-0.2, -0.15) is 0 Å². The fourth-order valence-electron chi connectivity index (χ4n) is 7.89. The summed E-state index contributed by atoms with van der Waals surface area (Å²) in [6.07, 6.45) is 66.4. The Bertz CT molecular complexity index is 1180. The summed E-state index contributed by atoms with van der Waals surface area (Å²) < 4.78 is 16.8. The Kier molecular flexibility index (Phi) is 51.3. The highest BCUT2D eigenvalue weighted by Gasteiger charge is 2.19. The quantitative estimate of drug-likeness (QED) is 0.0262. The fraction of sp³-hybridized carbons (Fsp3) is 0.780. The second-order valence-electron chi connectivity index (χ2n) is 18.5. The minimum atomic E-state index is -0.800. The van der Waals surface area contributed by atoms with E-state index in [0.717, 1.165) is 77.0 Å². The average Bonchev–Trinajstić information content (AvgIpc) is 3.30. The summed E-state index contributed by atoms with van der Waals surface area (Å²) >= 11 is 0. The fourth-order valence-corrected chi connectivity index (χ4v) is 7.89. The summed E-state index contributed by atoms with van der Waals surface area (Å²) in [6, 6.07) is 0. The van der Waals surface area contributed by atoms with Crippen LogP contribution >= 0.6 is 0 Å². The third kappa shape index (κ3) is 51.9. The van der Waals surface area contributed by atoms with Crippen LogP contribution in [0.25, 0.3) is 0 Å². The van der Waals surface area contributed by atoms with Crippen molar-refractivity contribution < 1.29 is 28.6 Å². The maximum absolute atomic E-state index is 12.8. The minimum Gasteiger partial charge on any atom is -0.462 e. The molecule has 0 aromatic heterocycles. The second-order valence-corrected chi connectivity index (χ2v) is 18.5. The maximum atomic E-state index is 12.8. The van der Waals surface area contributed by atoms with Gasteiger partial charge in [-0.3, -0.25) is 14.4 Å². The number of allylic oxidation sites excluding steroid dienone is 10. The van der Waals surface area contributed by atoms with Gasteiger partial charge in [-0.25, -0.2) is 0 Å². The van der Waals surface area contributed by atoms with Gasteiger partial charge < -0.3 is 14.2 Å². The molecule has 0 amide bonds. The number of carbonyl (C=O) groups is 3. The average molecular weight is 909 g/mol. The van der Waals surface area contributed by atoms with E-state index in [0.29, 0.717) is 19.3 Å². The summed E-state index contributed by atoms with van der Waals surface area (Å²) in [7, 11) is 0. The number of esters is 3. The van der Waals surface area contributed by atoms with Gasteiger partial charge >= 0.3 is 17.9 Å². The van der Waals surface area contributed by atoms with Crippen molar-refractivity contribution in [3.05, 3.63) is 60.8 Å². The van der Waals surface area contributed by atoms with Crippen LogP contribution in [0.4, 0.5) is 0 Å². The zero-order valence-electron chi connectivity index (χ0n) is 43.0. The Balaban J connectivity index is 4.41. The zero-order chi connectivity index (χ0) is 47.2. The lowest BCUT2D eigenvalue weighted by Gasteiger charge is -2.18. The highest BCUT2D eigenvalue weighted by atomic mass is 16.6. The molecule has 65 heavy (non-hydrogen) atoms. The molecule has 376 valence electrons. The van der Waals surface area contributed by atoms with Crippen molar-refractivity contribution in [2.24, 2.45) is 0 Å². The molecule has 0 saturated heterocycles. The molecule has 0 saturated carbocycles. The Labute approximate surface area is 402 Å². The van der Waals surface area contributed by atoms with Crippen molar-refractivity contribution >= 4 is 17.9 Å². The molecule has 0 aliphatic rings. The number of hydrogen-bond acceptors (Lipinski definition) is 6. The summed E-state index contributed by atoms with van der Waals surface area (Å²) in [4.78, 5) is 38.0. The first kappa shape index (κ1) is 62.1. The molecule has 1 atom stereocenters. The molecule has 0 aliphatic heterocycles. The molecule has 0 rings (SSSR count). The first-order chi connectivity index (χ1) is 32.0. The molecule has 0 bridgehead atoms. The Morgan fingerprint density at radius 1 is 0.323 bits per heavy atom. The van der Waals surface area contributed by atoms with Crippen LogP contribution in [-0.2, 0) is 28.6 Å². The number of rotatable bonds is 50. The van der Waals surface area contributed by atoms with Crippen molar-refractivity contribution in [1.82, 2.24) is 0 Å². The normalized spacial score (nSPS) is 12.5. The third-order valence-electron chi connectivity index (χ3n) is 12.0. The highest BCUT2D eigenvalue weighted by molar-refractivity contribution is 5.71. The van der Waals surface area contributed by atoms with Crippen LogP contribution in [-0.4, -0.2) is 37.2 Å². The van der Waals surface area contributed by atoms with E-state index in [2.05, 4.69) is 81.5 Å². The maximum Gasteiger partial charge on any atom is 0.306 e. The monoisotopic (exact) mass is 909 g/mol. The molecule has 0 radical (unpaired) electrons. The van der Waals surface area contributed by atoms with Gasteiger partial charge in [0.15, 0.2) is 6.10 Å². The van der Waals surface area contributed by atoms with Gasteiger partial charge in [0, 0.05) is 19.3 Å². The minimum absolute atomic E-state index is 0.0930. The Morgan fingerprint density at radius 2 is 0.600 bits per heavy atom. The van der Waals surface area contributed by atoms with E-state index in [1.165, 1.54) is 154 Å². The molecule has 0 spiro atoms.